The number of halogens is 2. The third-order valence-electron chi connectivity index (χ3n) is 5.39. The maximum atomic E-state index is 14.6. The fourth-order valence-corrected chi connectivity index (χ4v) is 4.85. The molecule has 3 rings (SSSR count). The van der Waals surface area contributed by atoms with Gasteiger partial charge in [-0.05, 0) is 43.4 Å². The van der Waals surface area contributed by atoms with Crippen LogP contribution in [0, 0.1) is 0 Å². The topological polar surface area (TPSA) is 49.4 Å². The molecule has 1 fully saturated rings. The molecule has 164 valence electrons. The summed E-state index contributed by atoms with van der Waals surface area (Å²) in [6, 6.07) is 9.47. The fourth-order valence-electron chi connectivity index (χ4n) is 3.91. The second-order valence-electron chi connectivity index (χ2n) is 7.56. The zero-order valence-corrected chi connectivity index (χ0v) is 19.0. The SMILES string of the molecule is C=CC(=C(C)F)N(C(=O)Cc1cccs1)C(C(=O)NC1CCCC1)c1ccccc1Cl. The summed E-state index contributed by atoms with van der Waals surface area (Å²) in [5.74, 6) is -1.37. The van der Waals surface area contributed by atoms with Crippen LogP contribution in [0.3, 0.4) is 0 Å². The van der Waals surface area contributed by atoms with E-state index in [-0.39, 0.29) is 24.1 Å². The van der Waals surface area contributed by atoms with E-state index in [1.807, 2.05) is 17.5 Å². The highest BCUT2D eigenvalue weighted by atomic mass is 35.5. The van der Waals surface area contributed by atoms with Gasteiger partial charge in [-0.1, -0.05) is 55.3 Å². The molecule has 0 radical (unpaired) electrons. The van der Waals surface area contributed by atoms with E-state index in [2.05, 4.69) is 11.9 Å². The number of rotatable bonds is 8. The van der Waals surface area contributed by atoms with Gasteiger partial charge in [0.05, 0.1) is 12.1 Å². The highest BCUT2D eigenvalue weighted by Gasteiger charge is 2.36. The van der Waals surface area contributed by atoms with Gasteiger partial charge in [0.15, 0.2) is 0 Å². The molecule has 1 aliphatic carbocycles. The van der Waals surface area contributed by atoms with Gasteiger partial charge >= 0.3 is 0 Å². The predicted molar refractivity (Wildman–Crippen MR) is 123 cm³/mol. The summed E-state index contributed by atoms with van der Waals surface area (Å²) in [7, 11) is 0. The Morgan fingerprint density at radius 1 is 1.29 bits per heavy atom. The highest BCUT2D eigenvalue weighted by molar-refractivity contribution is 7.10. The van der Waals surface area contributed by atoms with Crippen LogP contribution >= 0.6 is 22.9 Å². The lowest BCUT2D eigenvalue weighted by Gasteiger charge is -2.33. The monoisotopic (exact) mass is 460 g/mol. The first-order chi connectivity index (χ1) is 14.9. The van der Waals surface area contributed by atoms with Crippen LogP contribution in [0.4, 0.5) is 4.39 Å². The van der Waals surface area contributed by atoms with Gasteiger partial charge in [0.1, 0.15) is 11.9 Å². The van der Waals surface area contributed by atoms with Crippen molar-refractivity contribution in [1.82, 2.24) is 10.2 Å². The summed E-state index contributed by atoms with van der Waals surface area (Å²) >= 11 is 7.88. The molecular weight excluding hydrogens is 435 g/mol. The predicted octanol–water partition coefficient (Wildman–Crippen LogP) is 5.96. The van der Waals surface area contributed by atoms with Crippen molar-refractivity contribution in [2.45, 2.75) is 51.1 Å². The molecule has 0 spiro atoms. The van der Waals surface area contributed by atoms with Gasteiger partial charge in [0, 0.05) is 21.5 Å². The normalized spacial score (nSPS) is 15.8. The van der Waals surface area contributed by atoms with Crippen molar-refractivity contribution in [1.29, 1.82) is 0 Å². The van der Waals surface area contributed by atoms with Crippen LogP contribution in [-0.4, -0.2) is 22.8 Å². The molecule has 0 bridgehead atoms. The van der Waals surface area contributed by atoms with Crippen LogP contribution in [-0.2, 0) is 16.0 Å². The Kier molecular flexibility index (Phi) is 8.04. The standard InChI is InChI=1S/C24H26ClFN2O2S/c1-3-21(16(2)26)28(22(29)15-18-11-8-14-31-18)23(19-12-6-7-13-20(19)25)24(30)27-17-9-4-5-10-17/h3,6-8,11-14,17,23H,1,4-5,9-10,15H2,2H3,(H,27,30). The van der Waals surface area contributed by atoms with E-state index in [0.717, 1.165) is 30.6 Å². The number of hydrogen-bond acceptors (Lipinski definition) is 3. The van der Waals surface area contributed by atoms with E-state index in [4.69, 9.17) is 11.6 Å². The second kappa shape index (κ2) is 10.7. The van der Waals surface area contributed by atoms with Crippen LogP contribution in [0.15, 0.2) is 66.0 Å². The molecule has 0 aliphatic heterocycles. The van der Waals surface area contributed by atoms with Gasteiger partial charge in [-0.25, -0.2) is 4.39 Å². The number of carbonyl (C=O) groups is 2. The minimum absolute atomic E-state index is 0.0342. The van der Waals surface area contributed by atoms with E-state index in [9.17, 15) is 14.0 Å². The fraction of sp³-hybridized carbons (Fsp3) is 0.333. The van der Waals surface area contributed by atoms with Crippen LogP contribution in [0.2, 0.25) is 5.02 Å². The minimum atomic E-state index is -1.11. The molecule has 1 aliphatic rings. The summed E-state index contributed by atoms with van der Waals surface area (Å²) in [6.45, 7) is 4.94. The van der Waals surface area contributed by atoms with Crippen molar-refractivity contribution in [3.63, 3.8) is 0 Å². The molecule has 1 aromatic heterocycles. The molecule has 7 heteroatoms. The van der Waals surface area contributed by atoms with Gasteiger partial charge in [-0.3, -0.25) is 14.5 Å². The molecule has 2 amide bonds. The Morgan fingerprint density at radius 3 is 2.58 bits per heavy atom. The number of amides is 2. The summed E-state index contributed by atoms with van der Waals surface area (Å²) < 4.78 is 14.6. The molecule has 1 unspecified atom stereocenters. The zero-order valence-electron chi connectivity index (χ0n) is 17.4. The second-order valence-corrected chi connectivity index (χ2v) is 9.00. The number of nitrogens with one attached hydrogen (secondary N) is 1. The number of nitrogens with zero attached hydrogens (tertiary/aromatic N) is 1. The molecule has 0 saturated heterocycles. The average Bonchev–Trinajstić information content (AvgIpc) is 3.43. The Hall–Kier alpha value is -2.44. The first kappa shape index (κ1) is 23.2. The van der Waals surface area contributed by atoms with Gasteiger partial charge in [0.25, 0.3) is 0 Å². The first-order valence-corrected chi connectivity index (χ1v) is 11.6. The third kappa shape index (κ3) is 5.63. The van der Waals surface area contributed by atoms with Crippen molar-refractivity contribution in [3.8, 4) is 0 Å². The maximum Gasteiger partial charge on any atom is 0.248 e. The van der Waals surface area contributed by atoms with E-state index >= 15 is 0 Å². The van der Waals surface area contributed by atoms with Crippen molar-refractivity contribution in [3.05, 3.63) is 81.4 Å². The summed E-state index contributed by atoms with van der Waals surface area (Å²) in [5, 5.41) is 5.26. The lowest BCUT2D eigenvalue weighted by atomic mass is 10.0. The summed E-state index contributed by atoms with van der Waals surface area (Å²) in [5.41, 5.74) is 0.410. The van der Waals surface area contributed by atoms with Crippen molar-refractivity contribution < 1.29 is 14.0 Å². The van der Waals surface area contributed by atoms with E-state index < -0.39 is 17.8 Å². The molecular formula is C24H26ClFN2O2S. The molecule has 31 heavy (non-hydrogen) atoms. The van der Waals surface area contributed by atoms with Gasteiger partial charge < -0.3 is 5.32 Å². The third-order valence-corrected chi connectivity index (χ3v) is 6.61. The number of thiophene rings is 1. The lowest BCUT2D eigenvalue weighted by molar-refractivity contribution is -0.138. The summed E-state index contributed by atoms with van der Waals surface area (Å²) in [4.78, 5) is 29.0. The molecule has 2 aromatic rings. The smallest absolute Gasteiger partial charge is 0.248 e. The molecule has 1 aromatic carbocycles. The van der Waals surface area contributed by atoms with Gasteiger partial charge in [-0.15, -0.1) is 11.3 Å². The number of carbonyl (C=O) groups excluding carboxylic acids is 2. The molecule has 1 atom stereocenters. The Balaban J connectivity index is 2.07. The first-order valence-electron chi connectivity index (χ1n) is 10.3. The largest absolute Gasteiger partial charge is 0.351 e. The van der Waals surface area contributed by atoms with Crippen molar-refractivity contribution in [2.24, 2.45) is 0 Å². The number of allylic oxidation sites excluding steroid dienone is 2. The lowest BCUT2D eigenvalue weighted by Crippen LogP contribution is -2.46. The molecule has 1 N–H and O–H groups in total. The average molecular weight is 461 g/mol. The quantitative estimate of drug-likeness (QED) is 0.494. The molecule has 1 heterocycles. The maximum absolute atomic E-state index is 14.6. The van der Waals surface area contributed by atoms with Gasteiger partial charge in [-0.2, -0.15) is 0 Å². The Bertz CT molecular complexity index is 964. The minimum Gasteiger partial charge on any atom is -0.351 e. The van der Waals surface area contributed by atoms with Gasteiger partial charge in [0.2, 0.25) is 11.8 Å². The van der Waals surface area contributed by atoms with Crippen LogP contribution < -0.4 is 5.32 Å². The van der Waals surface area contributed by atoms with E-state index in [1.54, 1.807) is 24.3 Å². The van der Waals surface area contributed by atoms with Crippen molar-refractivity contribution >= 4 is 34.8 Å². The zero-order chi connectivity index (χ0) is 22.4. The van der Waals surface area contributed by atoms with Crippen LogP contribution in [0.5, 0.6) is 0 Å². The molecule has 4 nitrogen and oxygen atoms in total. The summed E-state index contributed by atoms with van der Waals surface area (Å²) in [6.07, 6.45) is 5.18. The Labute approximate surface area is 191 Å². The van der Waals surface area contributed by atoms with E-state index in [1.165, 1.54) is 29.2 Å². The number of benzene rings is 1. The Morgan fingerprint density at radius 2 is 2.00 bits per heavy atom. The van der Waals surface area contributed by atoms with Crippen molar-refractivity contribution in [2.75, 3.05) is 0 Å². The highest BCUT2D eigenvalue weighted by Crippen LogP contribution is 2.34. The molecule has 1 saturated carbocycles. The van der Waals surface area contributed by atoms with Crippen LogP contribution in [0.25, 0.3) is 0 Å². The van der Waals surface area contributed by atoms with Crippen LogP contribution in [0.1, 0.15) is 49.1 Å². The number of hydrogen-bond donors (Lipinski definition) is 1. The van der Waals surface area contributed by atoms with E-state index in [0.29, 0.717) is 10.6 Å².